The number of fused-ring (bicyclic) bond motifs is 1. The molecule has 0 bridgehead atoms. The maximum absolute atomic E-state index is 13.8. The van der Waals surface area contributed by atoms with Crippen molar-refractivity contribution < 1.29 is 9.50 Å². The Morgan fingerprint density at radius 1 is 1.32 bits per heavy atom. The van der Waals surface area contributed by atoms with Gasteiger partial charge in [0.05, 0.1) is 17.4 Å². The summed E-state index contributed by atoms with van der Waals surface area (Å²) in [5.74, 6) is -0.204. The molecule has 1 aromatic carbocycles. The number of hydrogen-bond donors (Lipinski definition) is 1. The Morgan fingerprint density at radius 2 is 2.16 bits per heavy atom. The summed E-state index contributed by atoms with van der Waals surface area (Å²) in [5, 5.41) is 10.8. The van der Waals surface area contributed by atoms with Crippen LogP contribution in [-0.2, 0) is 6.54 Å². The number of rotatable bonds is 2. The molecule has 3 rings (SSSR count). The van der Waals surface area contributed by atoms with Crippen molar-refractivity contribution in [3.8, 4) is 5.88 Å². The zero-order chi connectivity index (χ0) is 13.4. The van der Waals surface area contributed by atoms with E-state index in [1.807, 2.05) is 0 Å². The third-order valence-corrected chi connectivity index (χ3v) is 3.48. The van der Waals surface area contributed by atoms with Gasteiger partial charge in [-0.3, -0.25) is 4.98 Å². The lowest BCUT2D eigenvalue weighted by atomic mass is 10.2. The Balaban J connectivity index is 2.03. The van der Waals surface area contributed by atoms with Crippen molar-refractivity contribution in [1.29, 1.82) is 0 Å². The number of aromatic hydroxyl groups is 1. The Morgan fingerprint density at radius 3 is 2.89 bits per heavy atom. The number of halogens is 2. The Kier molecular flexibility index (Phi) is 2.98. The fourth-order valence-corrected chi connectivity index (χ4v) is 2.36. The fourth-order valence-electron chi connectivity index (χ4n) is 2.03. The molecule has 5 heteroatoms. The topological polar surface area (TPSA) is 38.1 Å². The van der Waals surface area contributed by atoms with E-state index in [2.05, 4.69) is 20.9 Å². The Hall–Kier alpha value is -1.88. The van der Waals surface area contributed by atoms with Crippen LogP contribution in [0.4, 0.5) is 4.39 Å². The van der Waals surface area contributed by atoms with Crippen LogP contribution in [-0.4, -0.2) is 14.7 Å². The average molecular weight is 321 g/mol. The molecule has 0 aliphatic carbocycles. The van der Waals surface area contributed by atoms with Crippen molar-refractivity contribution in [2.24, 2.45) is 0 Å². The van der Waals surface area contributed by atoms with Crippen LogP contribution >= 0.6 is 15.9 Å². The van der Waals surface area contributed by atoms with Crippen molar-refractivity contribution in [1.82, 2.24) is 9.55 Å². The van der Waals surface area contributed by atoms with Gasteiger partial charge in [-0.2, -0.15) is 0 Å². The van der Waals surface area contributed by atoms with Crippen molar-refractivity contribution in [3.05, 3.63) is 58.6 Å². The highest BCUT2D eigenvalue weighted by molar-refractivity contribution is 9.10. The normalized spacial score (nSPS) is 11.1. The van der Waals surface area contributed by atoms with Gasteiger partial charge in [0.1, 0.15) is 5.82 Å². The minimum Gasteiger partial charge on any atom is -0.494 e. The van der Waals surface area contributed by atoms with Gasteiger partial charge >= 0.3 is 0 Å². The van der Waals surface area contributed by atoms with Gasteiger partial charge in [0.25, 0.3) is 0 Å². The van der Waals surface area contributed by atoms with E-state index in [1.165, 1.54) is 6.07 Å². The molecule has 0 saturated carbocycles. The largest absolute Gasteiger partial charge is 0.494 e. The van der Waals surface area contributed by atoms with E-state index in [-0.39, 0.29) is 18.2 Å². The zero-order valence-electron chi connectivity index (χ0n) is 9.85. The van der Waals surface area contributed by atoms with E-state index in [9.17, 15) is 9.50 Å². The minimum absolute atomic E-state index is 0.102. The first-order valence-corrected chi connectivity index (χ1v) is 6.51. The first-order chi connectivity index (χ1) is 9.15. The van der Waals surface area contributed by atoms with E-state index in [0.717, 1.165) is 0 Å². The zero-order valence-corrected chi connectivity index (χ0v) is 11.4. The molecule has 0 saturated heterocycles. The van der Waals surface area contributed by atoms with Crippen LogP contribution in [0.3, 0.4) is 0 Å². The van der Waals surface area contributed by atoms with E-state index in [1.54, 1.807) is 41.2 Å². The molecule has 2 aromatic heterocycles. The number of pyridine rings is 1. The van der Waals surface area contributed by atoms with Gasteiger partial charge in [-0.15, -0.1) is 0 Å². The summed E-state index contributed by atoms with van der Waals surface area (Å²) in [4.78, 5) is 4.16. The highest BCUT2D eigenvalue weighted by Crippen LogP contribution is 2.26. The summed E-state index contributed by atoms with van der Waals surface area (Å²) in [6.45, 7) is 0.265. The van der Waals surface area contributed by atoms with Crippen LogP contribution < -0.4 is 0 Å². The van der Waals surface area contributed by atoms with Crippen molar-refractivity contribution in [2.75, 3.05) is 0 Å². The highest BCUT2D eigenvalue weighted by Gasteiger charge is 2.10. The second-order valence-electron chi connectivity index (χ2n) is 4.25. The first-order valence-electron chi connectivity index (χ1n) is 5.72. The van der Waals surface area contributed by atoms with Gasteiger partial charge in [0.2, 0.25) is 5.88 Å². The van der Waals surface area contributed by atoms with E-state index in [4.69, 9.17) is 0 Å². The summed E-state index contributed by atoms with van der Waals surface area (Å²) in [7, 11) is 0. The van der Waals surface area contributed by atoms with E-state index < -0.39 is 0 Å². The predicted molar refractivity (Wildman–Crippen MR) is 74.6 cm³/mol. The van der Waals surface area contributed by atoms with Gasteiger partial charge in [-0.1, -0.05) is 22.0 Å². The molecule has 0 atom stereocenters. The third kappa shape index (κ3) is 2.21. The molecule has 3 aromatic rings. The molecular formula is C14H10BrFN2O. The number of hydrogen-bond acceptors (Lipinski definition) is 2. The molecule has 3 nitrogen and oxygen atoms in total. The number of aromatic nitrogens is 2. The van der Waals surface area contributed by atoms with Crippen LogP contribution in [0.1, 0.15) is 5.56 Å². The second-order valence-corrected chi connectivity index (χ2v) is 5.17. The standard InChI is InChI=1S/C14H10BrFN2O/c15-10-4-3-9(12(16)6-10)7-18-8-13-11(14(18)19)2-1-5-17-13/h1-6,8,19H,7H2. The smallest absolute Gasteiger partial charge is 0.201 e. The molecule has 1 N–H and O–H groups in total. The van der Waals surface area contributed by atoms with Gasteiger partial charge in [-0.25, -0.2) is 4.39 Å². The van der Waals surface area contributed by atoms with Crippen LogP contribution in [0.2, 0.25) is 0 Å². The molecule has 0 aliphatic heterocycles. The maximum atomic E-state index is 13.8. The monoisotopic (exact) mass is 320 g/mol. The van der Waals surface area contributed by atoms with Crippen LogP contribution in [0, 0.1) is 5.82 Å². The molecule has 0 fully saturated rings. The third-order valence-electron chi connectivity index (χ3n) is 2.99. The van der Waals surface area contributed by atoms with Crippen LogP contribution in [0.5, 0.6) is 5.88 Å². The summed E-state index contributed by atoms with van der Waals surface area (Å²) < 4.78 is 16.1. The quantitative estimate of drug-likeness (QED) is 0.782. The fraction of sp³-hybridized carbons (Fsp3) is 0.0714. The maximum Gasteiger partial charge on any atom is 0.201 e. The lowest BCUT2D eigenvalue weighted by molar-refractivity contribution is 0.428. The van der Waals surface area contributed by atoms with Gasteiger partial charge in [-0.05, 0) is 24.3 Å². The summed E-state index contributed by atoms with van der Waals surface area (Å²) in [6.07, 6.45) is 3.37. The van der Waals surface area contributed by atoms with Crippen LogP contribution in [0.25, 0.3) is 10.9 Å². The van der Waals surface area contributed by atoms with Crippen LogP contribution in [0.15, 0.2) is 47.2 Å². The molecule has 0 spiro atoms. The van der Waals surface area contributed by atoms with E-state index in [0.29, 0.717) is 20.9 Å². The minimum atomic E-state index is -0.306. The molecular weight excluding hydrogens is 311 g/mol. The number of benzene rings is 1. The Bertz CT molecular complexity index is 754. The molecule has 2 heterocycles. The van der Waals surface area contributed by atoms with Crippen molar-refractivity contribution >= 4 is 26.8 Å². The van der Waals surface area contributed by atoms with Gasteiger partial charge < -0.3 is 9.67 Å². The molecule has 19 heavy (non-hydrogen) atoms. The summed E-state index contributed by atoms with van der Waals surface area (Å²) in [6, 6.07) is 8.42. The molecule has 0 radical (unpaired) electrons. The lowest BCUT2D eigenvalue weighted by Crippen LogP contribution is -2.00. The molecule has 96 valence electrons. The molecule has 0 unspecified atom stereocenters. The summed E-state index contributed by atoms with van der Waals surface area (Å²) >= 11 is 3.22. The summed E-state index contributed by atoms with van der Waals surface area (Å²) in [5.41, 5.74) is 1.20. The van der Waals surface area contributed by atoms with Crippen molar-refractivity contribution in [2.45, 2.75) is 6.54 Å². The number of nitrogens with zero attached hydrogens (tertiary/aromatic N) is 2. The molecule has 0 amide bonds. The average Bonchev–Trinajstić information content (AvgIpc) is 2.70. The Labute approximate surface area is 117 Å². The van der Waals surface area contributed by atoms with Gasteiger partial charge in [0.15, 0.2) is 0 Å². The first kappa shape index (κ1) is 12.2. The lowest BCUT2D eigenvalue weighted by Gasteiger charge is -2.06. The van der Waals surface area contributed by atoms with Crippen molar-refractivity contribution in [3.63, 3.8) is 0 Å². The van der Waals surface area contributed by atoms with E-state index >= 15 is 0 Å². The SMILES string of the molecule is Oc1c2cccnc2cn1Cc1ccc(Br)cc1F. The predicted octanol–water partition coefficient (Wildman–Crippen LogP) is 3.69. The van der Waals surface area contributed by atoms with Gasteiger partial charge in [0, 0.05) is 22.4 Å². The highest BCUT2D eigenvalue weighted by atomic mass is 79.9. The molecule has 0 aliphatic rings. The second kappa shape index (κ2) is 4.66.